The number of likely N-dealkylation sites (tertiary alicyclic amines) is 1. The largest absolute Gasteiger partial charge is 0.504 e. The number of nitrogens with one attached hydrogen (secondary N) is 1. The van der Waals surface area contributed by atoms with Crippen LogP contribution in [0.15, 0.2) is 78.9 Å². The van der Waals surface area contributed by atoms with Gasteiger partial charge in [-0.05, 0) is 86.4 Å². The summed E-state index contributed by atoms with van der Waals surface area (Å²) >= 11 is 0. The zero-order chi connectivity index (χ0) is 29.2. The summed E-state index contributed by atoms with van der Waals surface area (Å²) in [6.07, 6.45) is 8.03. The van der Waals surface area contributed by atoms with Crippen molar-refractivity contribution >= 4 is 30.4 Å². The Hall–Kier alpha value is -3.81. The Morgan fingerprint density at radius 1 is 1.00 bits per heavy atom. The number of benzene rings is 3. The fourth-order valence-electron chi connectivity index (χ4n) is 8.57. The number of carbonyl (C=O) groups excluding carboxylic acids is 2. The summed E-state index contributed by atoms with van der Waals surface area (Å²) in [5.74, 6) is 0.746. The molecule has 2 N–H and O–H groups in total. The molecule has 2 heterocycles. The van der Waals surface area contributed by atoms with Crippen molar-refractivity contribution in [3.63, 3.8) is 0 Å². The van der Waals surface area contributed by atoms with E-state index in [0.29, 0.717) is 30.1 Å². The number of esters is 1. The van der Waals surface area contributed by atoms with E-state index in [4.69, 9.17) is 9.47 Å². The van der Waals surface area contributed by atoms with Crippen molar-refractivity contribution in [1.29, 1.82) is 0 Å². The minimum atomic E-state index is -0.856. The summed E-state index contributed by atoms with van der Waals surface area (Å²) in [4.78, 5) is 29.7. The van der Waals surface area contributed by atoms with Gasteiger partial charge in [0.25, 0.3) is 0 Å². The van der Waals surface area contributed by atoms with E-state index in [0.717, 1.165) is 42.6 Å². The van der Waals surface area contributed by atoms with Crippen molar-refractivity contribution in [3.05, 3.63) is 101 Å². The minimum absolute atomic E-state index is 0. The predicted octanol–water partition coefficient (Wildman–Crippen LogP) is 5.44. The van der Waals surface area contributed by atoms with Gasteiger partial charge in [0.1, 0.15) is 11.7 Å². The summed E-state index contributed by atoms with van der Waals surface area (Å²) in [5.41, 5.74) is 2.04. The fourth-order valence-corrected chi connectivity index (χ4v) is 8.57. The van der Waals surface area contributed by atoms with Crippen molar-refractivity contribution in [2.75, 3.05) is 13.1 Å². The van der Waals surface area contributed by atoms with Crippen LogP contribution in [-0.4, -0.2) is 58.8 Å². The van der Waals surface area contributed by atoms with Crippen molar-refractivity contribution in [2.45, 2.75) is 67.7 Å². The predicted molar refractivity (Wildman–Crippen MR) is 169 cm³/mol. The molecule has 5 atom stereocenters. The first kappa shape index (κ1) is 28.9. The Kier molecular flexibility index (Phi) is 7.21. The van der Waals surface area contributed by atoms with Gasteiger partial charge in [0, 0.05) is 18.2 Å². The van der Waals surface area contributed by atoms with Gasteiger partial charge in [0.15, 0.2) is 11.5 Å². The number of ether oxygens (including phenoxy) is 2. The van der Waals surface area contributed by atoms with E-state index in [9.17, 15) is 14.7 Å². The summed E-state index contributed by atoms with van der Waals surface area (Å²) < 4.78 is 13.6. The van der Waals surface area contributed by atoms with Crippen LogP contribution < -0.4 is 10.1 Å². The van der Waals surface area contributed by atoms with Crippen molar-refractivity contribution in [3.8, 4) is 11.5 Å². The highest BCUT2D eigenvalue weighted by Crippen LogP contribution is 2.67. The Labute approximate surface area is 263 Å². The van der Waals surface area contributed by atoms with Crippen LogP contribution in [0, 0.1) is 5.92 Å². The first-order valence-electron chi connectivity index (χ1n) is 15.6. The van der Waals surface area contributed by atoms with E-state index in [-0.39, 0.29) is 42.1 Å². The highest BCUT2D eigenvalue weighted by molar-refractivity contribution is 5.92. The number of amides is 1. The van der Waals surface area contributed by atoms with E-state index in [1.807, 2.05) is 60.7 Å². The van der Waals surface area contributed by atoms with Crippen LogP contribution in [0.25, 0.3) is 6.08 Å². The first-order valence-corrected chi connectivity index (χ1v) is 15.6. The maximum Gasteiger partial charge on any atom is 0.338 e. The van der Waals surface area contributed by atoms with Crippen LogP contribution in [0.2, 0.25) is 0 Å². The molecule has 0 unspecified atom stereocenters. The van der Waals surface area contributed by atoms with Gasteiger partial charge in [-0.3, -0.25) is 9.69 Å². The molecule has 1 spiro atoms. The normalized spacial score (nSPS) is 29.7. The monoisotopic (exact) mass is 612 g/mol. The van der Waals surface area contributed by atoms with Crippen LogP contribution in [-0.2, 0) is 21.4 Å². The Bertz CT molecular complexity index is 1610. The SMILES string of the molecule is Cl.O=C(/C=C/c1ccccc1)N[C@@H]1CC[C@@]2(OC(=O)c3ccccc3)[C@H]3Cc4ccc(O)c5c4[C@@]2(CCN3CC2CC2)[C@H]1O5. The Morgan fingerprint density at radius 3 is 2.50 bits per heavy atom. The van der Waals surface area contributed by atoms with Crippen molar-refractivity contribution < 1.29 is 24.2 Å². The molecule has 5 aliphatic rings. The minimum Gasteiger partial charge on any atom is -0.504 e. The second-order valence-corrected chi connectivity index (χ2v) is 12.9. The smallest absolute Gasteiger partial charge is 0.338 e. The van der Waals surface area contributed by atoms with Crippen molar-refractivity contribution in [2.24, 2.45) is 5.92 Å². The van der Waals surface area contributed by atoms with E-state index in [1.165, 1.54) is 12.8 Å². The lowest BCUT2D eigenvalue weighted by Gasteiger charge is -2.65. The molecule has 3 aromatic carbocycles. The van der Waals surface area contributed by atoms with Gasteiger partial charge in [0.05, 0.1) is 23.1 Å². The second-order valence-electron chi connectivity index (χ2n) is 12.9. The van der Waals surface area contributed by atoms with Crippen LogP contribution in [0.3, 0.4) is 0 Å². The first-order chi connectivity index (χ1) is 21.0. The van der Waals surface area contributed by atoms with Crippen LogP contribution >= 0.6 is 12.4 Å². The summed E-state index contributed by atoms with van der Waals surface area (Å²) in [6, 6.07) is 22.4. The number of halogens is 1. The Morgan fingerprint density at radius 2 is 1.75 bits per heavy atom. The number of piperidine rings is 1. The van der Waals surface area contributed by atoms with Crippen LogP contribution in [0.5, 0.6) is 11.5 Å². The molecule has 3 aromatic rings. The molecular formula is C36H37ClN2O5. The van der Waals surface area contributed by atoms with Crippen molar-refractivity contribution in [1.82, 2.24) is 10.2 Å². The molecule has 1 amide bonds. The molecule has 2 saturated carbocycles. The van der Waals surface area contributed by atoms with E-state index in [2.05, 4.69) is 10.2 Å². The van der Waals surface area contributed by atoms with Gasteiger partial charge >= 0.3 is 5.97 Å². The van der Waals surface area contributed by atoms with Gasteiger partial charge in [-0.1, -0.05) is 54.6 Å². The third-order valence-corrected chi connectivity index (χ3v) is 10.6. The van der Waals surface area contributed by atoms with Gasteiger partial charge < -0.3 is 19.9 Å². The molecule has 0 radical (unpaired) electrons. The lowest BCUT2D eigenvalue weighted by atomic mass is 9.48. The van der Waals surface area contributed by atoms with Gasteiger partial charge in [-0.15, -0.1) is 12.4 Å². The number of carbonyl (C=O) groups is 2. The van der Waals surface area contributed by atoms with Gasteiger partial charge in [0.2, 0.25) is 5.91 Å². The standard InChI is InChI=1S/C36H36N2O5.ClH/c39-28-15-14-26-21-29-36(43-34(41)25-9-5-2-6-10-25)18-17-27(37-30(40)16-13-23-7-3-1-4-8-23)33-35(36,31(26)32(28)42-33)19-20-38(29)22-24-11-12-24;/h1-10,13-16,24,27,29,33,39H,11-12,17-22H2,(H,37,40);1H/b16-13+;/t27-,29-,33+,35+,36-;/m1./s1. The molecule has 2 aliphatic heterocycles. The van der Waals surface area contributed by atoms with Gasteiger partial charge in [-0.25, -0.2) is 4.79 Å². The molecular weight excluding hydrogens is 576 g/mol. The number of hydrogen-bond acceptors (Lipinski definition) is 6. The molecule has 0 aromatic heterocycles. The zero-order valence-electron chi connectivity index (χ0n) is 24.5. The number of rotatable bonds is 7. The second kappa shape index (κ2) is 11.0. The molecule has 3 fully saturated rings. The summed E-state index contributed by atoms with van der Waals surface area (Å²) in [6.45, 7) is 1.86. The molecule has 2 bridgehead atoms. The molecule has 7 nitrogen and oxygen atoms in total. The van der Waals surface area contributed by atoms with Crippen LogP contribution in [0.4, 0.5) is 0 Å². The topological polar surface area (TPSA) is 88.1 Å². The highest BCUT2D eigenvalue weighted by Gasteiger charge is 2.75. The molecule has 228 valence electrons. The fraction of sp³-hybridized carbons (Fsp3) is 0.389. The van der Waals surface area contributed by atoms with E-state index < -0.39 is 17.1 Å². The third-order valence-electron chi connectivity index (χ3n) is 10.6. The maximum absolute atomic E-state index is 13.9. The lowest BCUT2D eigenvalue weighted by molar-refractivity contribution is -0.193. The highest BCUT2D eigenvalue weighted by atomic mass is 35.5. The number of aromatic hydroxyl groups is 1. The quantitative estimate of drug-likeness (QED) is 0.273. The third kappa shape index (κ3) is 4.43. The summed E-state index contributed by atoms with van der Waals surface area (Å²) in [7, 11) is 0. The lowest BCUT2D eigenvalue weighted by Crippen LogP contribution is -2.79. The molecule has 8 rings (SSSR count). The number of phenolic OH excluding ortho intramolecular Hbond substituents is 1. The molecule has 1 saturated heterocycles. The number of phenols is 1. The average Bonchev–Trinajstić information content (AvgIpc) is 3.78. The Balaban J connectivity index is 0.00000312. The number of nitrogens with zero attached hydrogens (tertiary/aromatic N) is 1. The zero-order valence-corrected chi connectivity index (χ0v) is 25.3. The maximum atomic E-state index is 13.9. The molecule has 3 aliphatic carbocycles. The average molecular weight is 613 g/mol. The van der Waals surface area contributed by atoms with Crippen LogP contribution in [0.1, 0.15) is 59.2 Å². The van der Waals surface area contributed by atoms with E-state index in [1.54, 1.807) is 24.3 Å². The number of hydrogen-bond donors (Lipinski definition) is 2. The van der Waals surface area contributed by atoms with E-state index >= 15 is 0 Å². The molecule has 8 heteroatoms. The molecule has 44 heavy (non-hydrogen) atoms. The summed E-state index contributed by atoms with van der Waals surface area (Å²) in [5, 5.41) is 14.3. The van der Waals surface area contributed by atoms with Gasteiger partial charge in [-0.2, -0.15) is 0 Å².